The van der Waals surface area contributed by atoms with Crippen LogP contribution in [0.15, 0.2) is 18.2 Å². The maximum Gasteiger partial charge on any atom is 0.335 e. The van der Waals surface area contributed by atoms with Crippen LogP contribution in [0.25, 0.3) is 0 Å². The summed E-state index contributed by atoms with van der Waals surface area (Å²) in [5.74, 6) is -0.278. The Labute approximate surface area is 109 Å². The Balaban J connectivity index is 2.79. The van der Waals surface area contributed by atoms with Crippen molar-refractivity contribution in [2.75, 3.05) is 13.2 Å². The highest BCUT2D eigenvalue weighted by Crippen LogP contribution is 2.14. The Morgan fingerprint density at radius 2 is 1.94 bits per heavy atom. The predicted molar refractivity (Wildman–Crippen MR) is 71.7 cm³/mol. The van der Waals surface area contributed by atoms with Gasteiger partial charge in [-0.1, -0.05) is 23.8 Å². The van der Waals surface area contributed by atoms with E-state index in [1.807, 2.05) is 6.92 Å². The van der Waals surface area contributed by atoms with Crippen LogP contribution in [0.3, 0.4) is 0 Å². The topological polar surface area (TPSA) is 35.5 Å². The second kappa shape index (κ2) is 7.17. The molecule has 1 unspecified atom stereocenters. The third-order valence-electron chi connectivity index (χ3n) is 2.82. The molecular formula is C15H22O3. The number of carbonyl (C=O) groups is 1. The van der Waals surface area contributed by atoms with E-state index < -0.39 is 6.10 Å². The number of benzene rings is 1. The SMILES string of the molecule is CCOC(=O)C(Cc1ccc(C)cc1C)OCC. The van der Waals surface area contributed by atoms with E-state index in [1.54, 1.807) is 6.92 Å². The van der Waals surface area contributed by atoms with Gasteiger partial charge in [0.05, 0.1) is 6.61 Å². The lowest BCUT2D eigenvalue weighted by molar-refractivity contribution is -0.156. The second-order valence-electron chi connectivity index (χ2n) is 4.33. The first-order valence-electron chi connectivity index (χ1n) is 6.42. The zero-order valence-electron chi connectivity index (χ0n) is 11.7. The summed E-state index contributed by atoms with van der Waals surface area (Å²) < 4.78 is 10.5. The quantitative estimate of drug-likeness (QED) is 0.728. The molecule has 18 heavy (non-hydrogen) atoms. The Morgan fingerprint density at radius 3 is 2.50 bits per heavy atom. The highest BCUT2D eigenvalue weighted by Gasteiger charge is 2.21. The van der Waals surface area contributed by atoms with Crippen molar-refractivity contribution in [3.8, 4) is 0 Å². The minimum Gasteiger partial charge on any atom is -0.464 e. The van der Waals surface area contributed by atoms with Gasteiger partial charge in [0.1, 0.15) is 0 Å². The van der Waals surface area contributed by atoms with Gasteiger partial charge in [0.15, 0.2) is 6.10 Å². The number of esters is 1. The smallest absolute Gasteiger partial charge is 0.335 e. The minimum atomic E-state index is -0.503. The van der Waals surface area contributed by atoms with E-state index in [1.165, 1.54) is 11.1 Å². The fraction of sp³-hybridized carbons (Fsp3) is 0.533. The third-order valence-corrected chi connectivity index (χ3v) is 2.82. The molecule has 3 heteroatoms. The van der Waals surface area contributed by atoms with E-state index in [9.17, 15) is 4.79 Å². The first-order chi connectivity index (χ1) is 8.58. The summed E-state index contributed by atoms with van der Waals surface area (Å²) >= 11 is 0. The summed E-state index contributed by atoms with van der Waals surface area (Å²) in [6.45, 7) is 8.69. The van der Waals surface area contributed by atoms with Crippen molar-refractivity contribution in [2.24, 2.45) is 0 Å². The van der Waals surface area contributed by atoms with Crippen LogP contribution in [-0.4, -0.2) is 25.3 Å². The van der Waals surface area contributed by atoms with Crippen molar-refractivity contribution < 1.29 is 14.3 Å². The number of rotatable bonds is 6. The van der Waals surface area contributed by atoms with E-state index in [4.69, 9.17) is 9.47 Å². The Bertz CT molecular complexity index is 399. The maximum absolute atomic E-state index is 11.8. The first-order valence-corrected chi connectivity index (χ1v) is 6.42. The summed E-state index contributed by atoms with van der Waals surface area (Å²) in [6, 6.07) is 6.22. The number of aryl methyl sites for hydroxylation is 2. The summed E-state index contributed by atoms with van der Waals surface area (Å²) in [7, 11) is 0. The van der Waals surface area contributed by atoms with Gasteiger partial charge in [0, 0.05) is 13.0 Å². The molecule has 0 amide bonds. The molecule has 1 atom stereocenters. The van der Waals surface area contributed by atoms with Gasteiger partial charge in [-0.2, -0.15) is 0 Å². The first kappa shape index (κ1) is 14.7. The van der Waals surface area contributed by atoms with Crippen LogP contribution in [0, 0.1) is 13.8 Å². The van der Waals surface area contributed by atoms with Crippen LogP contribution < -0.4 is 0 Å². The standard InChI is InChI=1S/C15H22O3/c1-5-17-14(15(16)18-6-2)10-13-8-7-11(3)9-12(13)4/h7-9,14H,5-6,10H2,1-4H3. The summed E-state index contributed by atoms with van der Waals surface area (Å²) in [5.41, 5.74) is 3.54. The molecule has 0 N–H and O–H groups in total. The molecule has 100 valence electrons. The molecule has 0 bridgehead atoms. The molecule has 0 heterocycles. The van der Waals surface area contributed by atoms with Gasteiger partial charge in [-0.25, -0.2) is 4.79 Å². The largest absolute Gasteiger partial charge is 0.464 e. The average Bonchev–Trinajstić information content (AvgIpc) is 2.32. The number of ether oxygens (including phenoxy) is 2. The van der Waals surface area contributed by atoms with Crippen molar-refractivity contribution in [3.05, 3.63) is 34.9 Å². The third kappa shape index (κ3) is 4.15. The van der Waals surface area contributed by atoms with Crippen molar-refractivity contribution in [1.82, 2.24) is 0 Å². The van der Waals surface area contributed by atoms with E-state index in [2.05, 4.69) is 32.0 Å². The van der Waals surface area contributed by atoms with Gasteiger partial charge in [-0.3, -0.25) is 0 Å². The van der Waals surface area contributed by atoms with Crippen LogP contribution in [0.1, 0.15) is 30.5 Å². The lowest BCUT2D eigenvalue weighted by Gasteiger charge is -2.17. The summed E-state index contributed by atoms with van der Waals surface area (Å²) in [6.07, 6.45) is 0.0649. The van der Waals surface area contributed by atoms with E-state index in [0.717, 1.165) is 5.56 Å². The molecule has 1 aromatic rings. The van der Waals surface area contributed by atoms with E-state index >= 15 is 0 Å². The van der Waals surface area contributed by atoms with Crippen molar-refractivity contribution in [2.45, 2.75) is 40.2 Å². The lowest BCUT2D eigenvalue weighted by Crippen LogP contribution is -2.29. The highest BCUT2D eigenvalue weighted by atomic mass is 16.6. The maximum atomic E-state index is 11.8. The molecular weight excluding hydrogens is 228 g/mol. The summed E-state index contributed by atoms with van der Waals surface area (Å²) in [5, 5.41) is 0. The molecule has 3 nitrogen and oxygen atoms in total. The molecule has 1 rings (SSSR count). The predicted octanol–water partition coefficient (Wildman–Crippen LogP) is 2.81. The lowest BCUT2D eigenvalue weighted by atomic mass is 10.0. The van der Waals surface area contributed by atoms with E-state index in [-0.39, 0.29) is 5.97 Å². The Hall–Kier alpha value is -1.35. The summed E-state index contributed by atoms with van der Waals surface area (Å²) in [4.78, 5) is 11.8. The van der Waals surface area contributed by atoms with Crippen LogP contribution in [0.2, 0.25) is 0 Å². The molecule has 0 spiro atoms. The zero-order chi connectivity index (χ0) is 13.5. The fourth-order valence-corrected chi connectivity index (χ4v) is 1.92. The van der Waals surface area contributed by atoms with Gasteiger partial charge in [-0.05, 0) is 38.8 Å². The van der Waals surface area contributed by atoms with Crippen molar-refractivity contribution in [1.29, 1.82) is 0 Å². The molecule has 0 saturated heterocycles. The molecule has 0 radical (unpaired) electrons. The van der Waals surface area contributed by atoms with Gasteiger partial charge >= 0.3 is 5.97 Å². The second-order valence-corrected chi connectivity index (χ2v) is 4.33. The van der Waals surface area contributed by atoms with Gasteiger partial charge < -0.3 is 9.47 Å². The minimum absolute atomic E-state index is 0.278. The van der Waals surface area contributed by atoms with Gasteiger partial charge in [0.25, 0.3) is 0 Å². The van der Waals surface area contributed by atoms with Gasteiger partial charge in [0.2, 0.25) is 0 Å². The average molecular weight is 250 g/mol. The van der Waals surface area contributed by atoms with Crippen LogP contribution in [0.5, 0.6) is 0 Å². The number of carbonyl (C=O) groups excluding carboxylic acids is 1. The zero-order valence-corrected chi connectivity index (χ0v) is 11.7. The van der Waals surface area contributed by atoms with Crippen molar-refractivity contribution in [3.63, 3.8) is 0 Å². The number of hydrogen-bond donors (Lipinski definition) is 0. The molecule has 0 aliphatic heterocycles. The monoisotopic (exact) mass is 250 g/mol. The van der Waals surface area contributed by atoms with Crippen molar-refractivity contribution >= 4 is 5.97 Å². The molecule has 1 aromatic carbocycles. The number of hydrogen-bond acceptors (Lipinski definition) is 3. The van der Waals surface area contributed by atoms with Crippen LogP contribution in [-0.2, 0) is 20.7 Å². The molecule has 0 aliphatic carbocycles. The molecule has 0 fully saturated rings. The van der Waals surface area contributed by atoms with E-state index in [0.29, 0.717) is 19.6 Å². The molecule has 0 aliphatic rings. The van der Waals surface area contributed by atoms with Crippen LogP contribution in [0.4, 0.5) is 0 Å². The normalized spacial score (nSPS) is 12.2. The molecule has 0 aromatic heterocycles. The molecule has 0 saturated carbocycles. The fourth-order valence-electron chi connectivity index (χ4n) is 1.92. The highest BCUT2D eigenvalue weighted by molar-refractivity contribution is 5.75. The van der Waals surface area contributed by atoms with Crippen LogP contribution >= 0.6 is 0 Å². The Kier molecular flexibility index (Phi) is 5.86. The van der Waals surface area contributed by atoms with Gasteiger partial charge in [-0.15, -0.1) is 0 Å². The Morgan fingerprint density at radius 1 is 1.22 bits per heavy atom.